The minimum atomic E-state index is 0.334. The van der Waals surface area contributed by atoms with Crippen LogP contribution in [-0.2, 0) is 11.3 Å². The molecule has 6 nitrogen and oxygen atoms in total. The van der Waals surface area contributed by atoms with Crippen molar-refractivity contribution in [2.24, 2.45) is 0 Å². The van der Waals surface area contributed by atoms with E-state index in [9.17, 15) is 4.79 Å². The van der Waals surface area contributed by atoms with Crippen LogP contribution >= 0.6 is 0 Å². The second-order valence-electron chi connectivity index (χ2n) is 6.14. The second kappa shape index (κ2) is 7.02. The number of rotatable bonds is 5. The number of aromatic nitrogens is 3. The van der Waals surface area contributed by atoms with Crippen LogP contribution in [0.3, 0.4) is 0 Å². The fourth-order valence-corrected chi connectivity index (χ4v) is 3.48. The van der Waals surface area contributed by atoms with Crippen molar-refractivity contribution in [3.8, 4) is 0 Å². The molecule has 0 saturated carbocycles. The predicted octanol–water partition coefficient (Wildman–Crippen LogP) is 1.15. The largest absolute Gasteiger partial charge is 0.343 e. The molecule has 0 bridgehead atoms. The Hall–Kier alpha value is -1.43. The van der Waals surface area contributed by atoms with Gasteiger partial charge in [-0.15, -0.1) is 0 Å². The first-order chi connectivity index (χ1) is 10.3. The van der Waals surface area contributed by atoms with Crippen LogP contribution in [0.5, 0.6) is 0 Å². The Kier molecular flexibility index (Phi) is 4.85. The van der Waals surface area contributed by atoms with Gasteiger partial charge in [-0.2, -0.15) is 5.10 Å². The second-order valence-corrected chi connectivity index (χ2v) is 6.14. The van der Waals surface area contributed by atoms with Crippen LogP contribution in [-0.4, -0.2) is 62.7 Å². The fraction of sp³-hybridized carbons (Fsp3) is 0.800. The van der Waals surface area contributed by atoms with Crippen LogP contribution in [0.15, 0.2) is 12.7 Å². The zero-order valence-electron chi connectivity index (χ0n) is 12.7. The van der Waals surface area contributed by atoms with Crippen molar-refractivity contribution in [1.82, 2.24) is 24.6 Å². The molecule has 116 valence electrons. The molecular weight excluding hydrogens is 266 g/mol. The molecule has 6 heteroatoms. The lowest BCUT2D eigenvalue weighted by Gasteiger charge is -2.29. The summed E-state index contributed by atoms with van der Waals surface area (Å²) < 4.78 is 1.90. The Balaban J connectivity index is 1.46. The number of carbonyl (C=O) groups excluding carboxylic acids is 1. The van der Waals surface area contributed by atoms with Gasteiger partial charge in [0.2, 0.25) is 5.91 Å². The number of likely N-dealkylation sites (tertiary alicyclic amines) is 2. The summed E-state index contributed by atoms with van der Waals surface area (Å²) in [5.41, 5.74) is 0. The molecule has 0 radical (unpaired) electrons. The van der Waals surface area contributed by atoms with E-state index in [1.165, 1.54) is 32.1 Å². The molecule has 3 heterocycles. The molecule has 1 aromatic heterocycles. The maximum Gasteiger partial charge on any atom is 0.223 e. The first-order valence-corrected chi connectivity index (χ1v) is 8.17. The summed E-state index contributed by atoms with van der Waals surface area (Å²) in [7, 11) is 0. The first kappa shape index (κ1) is 14.5. The molecule has 3 rings (SSSR count). The van der Waals surface area contributed by atoms with E-state index in [1.807, 2.05) is 9.58 Å². The van der Waals surface area contributed by atoms with E-state index in [1.54, 1.807) is 12.7 Å². The van der Waals surface area contributed by atoms with E-state index < -0.39 is 0 Å². The van der Waals surface area contributed by atoms with E-state index in [-0.39, 0.29) is 0 Å². The SMILES string of the molecule is O=C(CCN1CCC[C@H]1Cn1cncn1)N1CCCCC1. The number of nitrogens with zero attached hydrogens (tertiary/aromatic N) is 5. The Morgan fingerprint density at radius 1 is 1.14 bits per heavy atom. The third kappa shape index (κ3) is 3.81. The highest BCUT2D eigenvalue weighted by Crippen LogP contribution is 2.19. The summed E-state index contributed by atoms with van der Waals surface area (Å²) >= 11 is 0. The Morgan fingerprint density at radius 3 is 2.76 bits per heavy atom. The molecule has 1 atom stereocenters. The Labute approximate surface area is 126 Å². The number of hydrogen-bond donors (Lipinski definition) is 0. The molecule has 1 aromatic rings. The molecule has 2 aliphatic rings. The van der Waals surface area contributed by atoms with Crippen molar-refractivity contribution in [2.45, 2.75) is 51.1 Å². The van der Waals surface area contributed by atoms with E-state index in [2.05, 4.69) is 15.0 Å². The van der Waals surface area contributed by atoms with E-state index >= 15 is 0 Å². The molecule has 0 N–H and O–H groups in total. The lowest BCUT2D eigenvalue weighted by atomic mass is 10.1. The minimum Gasteiger partial charge on any atom is -0.343 e. The predicted molar refractivity (Wildman–Crippen MR) is 79.7 cm³/mol. The zero-order valence-corrected chi connectivity index (χ0v) is 12.7. The van der Waals surface area contributed by atoms with Crippen molar-refractivity contribution in [3.63, 3.8) is 0 Å². The average Bonchev–Trinajstić information content (AvgIpc) is 3.18. The number of hydrogen-bond acceptors (Lipinski definition) is 4. The molecule has 2 saturated heterocycles. The molecule has 0 aliphatic carbocycles. The number of piperidine rings is 1. The summed E-state index contributed by atoms with van der Waals surface area (Å²) in [6.07, 6.45) is 10.0. The van der Waals surface area contributed by atoms with Crippen LogP contribution in [0.1, 0.15) is 38.5 Å². The van der Waals surface area contributed by atoms with Crippen LogP contribution in [0.2, 0.25) is 0 Å². The van der Waals surface area contributed by atoms with Gasteiger partial charge >= 0.3 is 0 Å². The van der Waals surface area contributed by atoms with Crippen LogP contribution in [0.4, 0.5) is 0 Å². The van der Waals surface area contributed by atoms with Crippen LogP contribution in [0.25, 0.3) is 0 Å². The number of amides is 1. The van der Waals surface area contributed by atoms with Gasteiger partial charge in [-0.3, -0.25) is 14.4 Å². The highest BCUT2D eigenvalue weighted by Gasteiger charge is 2.26. The van der Waals surface area contributed by atoms with E-state index in [0.717, 1.165) is 32.7 Å². The van der Waals surface area contributed by atoms with Gasteiger partial charge in [0.15, 0.2) is 0 Å². The Morgan fingerprint density at radius 2 is 2.00 bits per heavy atom. The zero-order chi connectivity index (χ0) is 14.5. The van der Waals surface area contributed by atoms with Gasteiger partial charge < -0.3 is 4.90 Å². The van der Waals surface area contributed by atoms with Gasteiger partial charge in [-0.25, -0.2) is 4.98 Å². The third-order valence-electron chi connectivity index (χ3n) is 4.69. The highest BCUT2D eigenvalue weighted by molar-refractivity contribution is 5.76. The molecule has 2 aliphatic heterocycles. The topological polar surface area (TPSA) is 54.3 Å². The summed E-state index contributed by atoms with van der Waals surface area (Å²) in [4.78, 5) is 20.7. The lowest BCUT2D eigenvalue weighted by Crippen LogP contribution is -2.39. The van der Waals surface area contributed by atoms with Gasteiger partial charge in [0, 0.05) is 32.1 Å². The van der Waals surface area contributed by atoms with Crippen molar-refractivity contribution >= 4 is 5.91 Å². The molecular formula is C15H25N5O. The van der Waals surface area contributed by atoms with Crippen molar-refractivity contribution in [3.05, 3.63) is 12.7 Å². The van der Waals surface area contributed by atoms with Crippen LogP contribution < -0.4 is 0 Å². The lowest BCUT2D eigenvalue weighted by molar-refractivity contribution is -0.132. The molecule has 0 unspecified atom stereocenters. The monoisotopic (exact) mass is 291 g/mol. The van der Waals surface area contributed by atoms with Gasteiger partial charge in [-0.05, 0) is 38.6 Å². The van der Waals surface area contributed by atoms with Gasteiger partial charge in [0.1, 0.15) is 12.7 Å². The standard InChI is InChI=1S/C15H25N5O/c21-15(19-7-2-1-3-8-19)6-10-18-9-4-5-14(18)11-20-13-16-12-17-20/h12-14H,1-11H2/t14-/m0/s1. The molecule has 2 fully saturated rings. The van der Waals surface area contributed by atoms with Gasteiger partial charge in [-0.1, -0.05) is 0 Å². The molecule has 0 spiro atoms. The highest BCUT2D eigenvalue weighted by atomic mass is 16.2. The fourth-order valence-electron chi connectivity index (χ4n) is 3.48. The summed E-state index contributed by atoms with van der Waals surface area (Å²) in [6, 6.07) is 0.501. The molecule has 1 amide bonds. The Bertz CT molecular complexity index is 441. The summed E-state index contributed by atoms with van der Waals surface area (Å²) in [6.45, 7) is 4.79. The number of carbonyl (C=O) groups is 1. The van der Waals surface area contributed by atoms with Crippen molar-refractivity contribution < 1.29 is 4.79 Å². The van der Waals surface area contributed by atoms with Gasteiger partial charge in [0.05, 0.1) is 6.54 Å². The normalized spacial score (nSPS) is 23.6. The van der Waals surface area contributed by atoms with E-state index in [0.29, 0.717) is 18.4 Å². The van der Waals surface area contributed by atoms with E-state index in [4.69, 9.17) is 0 Å². The smallest absolute Gasteiger partial charge is 0.223 e. The van der Waals surface area contributed by atoms with Crippen molar-refractivity contribution in [2.75, 3.05) is 26.2 Å². The molecule has 21 heavy (non-hydrogen) atoms. The summed E-state index contributed by atoms with van der Waals surface area (Å²) in [5, 5.41) is 4.19. The molecule has 0 aromatic carbocycles. The maximum absolute atomic E-state index is 12.3. The first-order valence-electron chi connectivity index (χ1n) is 8.17. The average molecular weight is 291 g/mol. The van der Waals surface area contributed by atoms with Crippen molar-refractivity contribution in [1.29, 1.82) is 0 Å². The quantitative estimate of drug-likeness (QED) is 0.816. The summed E-state index contributed by atoms with van der Waals surface area (Å²) in [5.74, 6) is 0.334. The third-order valence-corrected chi connectivity index (χ3v) is 4.69. The van der Waals surface area contributed by atoms with Crippen LogP contribution in [0, 0.1) is 0 Å². The maximum atomic E-state index is 12.3. The minimum absolute atomic E-state index is 0.334. The van der Waals surface area contributed by atoms with Gasteiger partial charge in [0.25, 0.3) is 0 Å².